The van der Waals surface area contributed by atoms with Gasteiger partial charge in [-0.3, -0.25) is 9.36 Å². The summed E-state index contributed by atoms with van der Waals surface area (Å²) in [4.78, 5) is 20.1. The minimum absolute atomic E-state index is 0.0288. The Labute approximate surface area is 116 Å². The summed E-state index contributed by atoms with van der Waals surface area (Å²) in [5.74, 6) is 0.897. The first-order chi connectivity index (χ1) is 9.17. The Morgan fingerprint density at radius 2 is 2.37 bits per heavy atom. The van der Waals surface area contributed by atoms with Crippen molar-refractivity contribution in [2.75, 3.05) is 5.75 Å². The lowest BCUT2D eigenvalue weighted by Gasteiger charge is -2.10. The summed E-state index contributed by atoms with van der Waals surface area (Å²) < 4.78 is 1.77. The lowest BCUT2D eigenvalue weighted by atomic mass is 10.4. The van der Waals surface area contributed by atoms with Gasteiger partial charge in [-0.2, -0.15) is 0 Å². The summed E-state index contributed by atoms with van der Waals surface area (Å²) in [5.41, 5.74) is 2.37. The molecule has 0 aliphatic heterocycles. The highest BCUT2D eigenvalue weighted by Crippen LogP contribution is 2.19. The molecule has 0 saturated carbocycles. The summed E-state index contributed by atoms with van der Waals surface area (Å²) in [6.07, 6.45) is 3.72. The Bertz CT molecular complexity index is 642. The van der Waals surface area contributed by atoms with Crippen LogP contribution in [0.1, 0.15) is 25.5 Å². The van der Waals surface area contributed by atoms with Gasteiger partial charge in [-0.15, -0.1) is 6.58 Å². The Balaban J connectivity index is 2.49. The maximum atomic E-state index is 12.4. The van der Waals surface area contributed by atoms with Crippen molar-refractivity contribution in [3.8, 4) is 0 Å². The number of hydrogen-bond donors (Lipinski definition) is 1. The van der Waals surface area contributed by atoms with Gasteiger partial charge in [0.25, 0.3) is 5.56 Å². The van der Waals surface area contributed by atoms with Crippen molar-refractivity contribution in [3.63, 3.8) is 0 Å². The molecule has 2 heterocycles. The first kappa shape index (κ1) is 13.9. The monoisotopic (exact) mass is 277 g/mol. The molecular formula is C14H19N3OS. The van der Waals surface area contributed by atoms with Crippen LogP contribution in [0.2, 0.25) is 0 Å². The number of allylic oxidation sites excluding steroid dienone is 1. The summed E-state index contributed by atoms with van der Waals surface area (Å²) >= 11 is 1.62. The zero-order valence-electron chi connectivity index (χ0n) is 11.4. The summed E-state index contributed by atoms with van der Waals surface area (Å²) in [6, 6.07) is 1.92. The fourth-order valence-electron chi connectivity index (χ4n) is 1.98. The summed E-state index contributed by atoms with van der Waals surface area (Å²) in [5, 5.41) is 0.806. The molecule has 1 N–H and O–H groups in total. The zero-order valence-corrected chi connectivity index (χ0v) is 12.2. The van der Waals surface area contributed by atoms with E-state index in [-0.39, 0.29) is 5.56 Å². The van der Waals surface area contributed by atoms with Gasteiger partial charge in [0.15, 0.2) is 5.16 Å². The number of rotatable bonds is 6. The molecule has 0 spiro atoms. The van der Waals surface area contributed by atoms with Gasteiger partial charge < -0.3 is 4.98 Å². The molecular weight excluding hydrogens is 258 g/mol. The second kappa shape index (κ2) is 6.10. The van der Waals surface area contributed by atoms with E-state index >= 15 is 0 Å². The number of aromatic nitrogens is 3. The second-order valence-electron chi connectivity index (χ2n) is 4.49. The van der Waals surface area contributed by atoms with Crippen LogP contribution in [0, 0.1) is 6.92 Å². The molecule has 0 amide bonds. The summed E-state index contributed by atoms with van der Waals surface area (Å²) in [7, 11) is 0. The molecule has 4 nitrogen and oxygen atoms in total. The highest BCUT2D eigenvalue weighted by atomic mass is 32.2. The fourth-order valence-corrected chi connectivity index (χ4v) is 2.94. The van der Waals surface area contributed by atoms with Gasteiger partial charge in [-0.25, -0.2) is 4.98 Å². The average molecular weight is 277 g/mol. The van der Waals surface area contributed by atoms with E-state index in [1.165, 1.54) is 0 Å². The van der Waals surface area contributed by atoms with Crippen molar-refractivity contribution in [3.05, 3.63) is 34.8 Å². The quantitative estimate of drug-likeness (QED) is 0.382. The van der Waals surface area contributed by atoms with Crippen LogP contribution < -0.4 is 5.56 Å². The Morgan fingerprint density at radius 3 is 3.05 bits per heavy atom. The SMILES string of the molecule is C=CCCSc1nc2cc(C)[nH]c2c(=O)n1CCC. The first-order valence-corrected chi connectivity index (χ1v) is 7.49. The third-order valence-corrected chi connectivity index (χ3v) is 3.85. The van der Waals surface area contributed by atoms with Gasteiger partial charge in [0.1, 0.15) is 5.52 Å². The fraction of sp³-hybridized carbons (Fsp3) is 0.429. The molecule has 19 heavy (non-hydrogen) atoms. The number of aryl methyl sites for hydroxylation is 1. The molecule has 0 unspecified atom stereocenters. The lowest BCUT2D eigenvalue weighted by molar-refractivity contribution is 0.584. The first-order valence-electron chi connectivity index (χ1n) is 6.51. The minimum Gasteiger partial charge on any atom is -0.353 e. The minimum atomic E-state index is 0.0288. The number of fused-ring (bicyclic) bond motifs is 1. The van der Waals surface area contributed by atoms with Gasteiger partial charge in [0, 0.05) is 18.0 Å². The summed E-state index contributed by atoms with van der Waals surface area (Å²) in [6.45, 7) is 8.42. The van der Waals surface area contributed by atoms with Crippen molar-refractivity contribution < 1.29 is 0 Å². The molecule has 5 heteroatoms. The molecule has 2 aromatic rings. The molecule has 0 fully saturated rings. The molecule has 0 aliphatic rings. The average Bonchev–Trinajstić information content (AvgIpc) is 2.75. The van der Waals surface area contributed by atoms with Crippen molar-refractivity contribution in [1.82, 2.24) is 14.5 Å². The Morgan fingerprint density at radius 1 is 1.58 bits per heavy atom. The van der Waals surface area contributed by atoms with Crippen molar-refractivity contribution >= 4 is 22.8 Å². The molecule has 102 valence electrons. The zero-order chi connectivity index (χ0) is 13.8. The smallest absolute Gasteiger partial charge is 0.278 e. The van der Waals surface area contributed by atoms with E-state index in [4.69, 9.17) is 0 Å². The van der Waals surface area contributed by atoms with Crippen molar-refractivity contribution in [1.29, 1.82) is 0 Å². The van der Waals surface area contributed by atoms with Crippen LogP contribution in [0.3, 0.4) is 0 Å². The molecule has 0 aromatic carbocycles. The molecule has 0 radical (unpaired) electrons. The van der Waals surface area contributed by atoms with E-state index in [1.807, 2.05) is 19.1 Å². The molecule has 2 rings (SSSR count). The van der Waals surface area contributed by atoms with Crippen molar-refractivity contribution in [2.24, 2.45) is 0 Å². The van der Waals surface area contributed by atoms with Crippen LogP contribution in [-0.2, 0) is 6.54 Å². The second-order valence-corrected chi connectivity index (χ2v) is 5.55. The van der Waals surface area contributed by atoms with Crippen molar-refractivity contribution in [2.45, 2.75) is 38.4 Å². The number of thioether (sulfide) groups is 1. The van der Waals surface area contributed by atoms with Crippen LogP contribution in [0.5, 0.6) is 0 Å². The molecule has 2 aromatic heterocycles. The van der Waals surface area contributed by atoms with Crippen LogP contribution >= 0.6 is 11.8 Å². The third kappa shape index (κ3) is 2.92. The molecule has 0 saturated heterocycles. The largest absolute Gasteiger partial charge is 0.353 e. The maximum Gasteiger partial charge on any atom is 0.278 e. The van der Waals surface area contributed by atoms with E-state index < -0.39 is 0 Å². The predicted octanol–water partition coefficient (Wildman–Crippen LogP) is 3.11. The van der Waals surface area contributed by atoms with E-state index in [0.717, 1.165) is 35.0 Å². The number of H-pyrrole nitrogens is 1. The highest BCUT2D eigenvalue weighted by molar-refractivity contribution is 7.99. The topological polar surface area (TPSA) is 50.7 Å². The normalized spacial score (nSPS) is 11.1. The Kier molecular flexibility index (Phi) is 4.47. The number of aromatic amines is 1. The number of hydrogen-bond acceptors (Lipinski definition) is 3. The van der Waals surface area contributed by atoms with E-state index in [0.29, 0.717) is 12.1 Å². The van der Waals surface area contributed by atoms with Gasteiger partial charge in [-0.1, -0.05) is 24.8 Å². The van der Waals surface area contributed by atoms with E-state index in [2.05, 4.69) is 23.5 Å². The molecule has 0 aliphatic carbocycles. The molecule has 0 atom stereocenters. The van der Waals surface area contributed by atoms with Crippen LogP contribution in [0.25, 0.3) is 11.0 Å². The van der Waals surface area contributed by atoms with Crippen LogP contribution in [0.4, 0.5) is 0 Å². The highest BCUT2D eigenvalue weighted by Gasteiger charge is 2.12. The van der Waals surface area contributed by atoms with Crippen LogP contribution in [0.15, 0.2) is 28.7 Å². The van der Waals surface area contributed by atoms with Gasteiger partial charge in [0.05, 0.1) is 5.52 Å². The lowest BCUT2D eigenvalue weighted by Crippen LogP contribution is -2.23. The Hall–Kier alpha value is -1.49. The molecule has 0 bridgehead atoms. The number of nitrogens with zero attached hydrogens (tertiary/aromatic N) is 2. The van der Waals surface area contributed by atoms with Gasteiger partial charge in [0.2, 0.25) is 0 Å². The van der Waals surface area contributed by atoms with Crippen LogP contribution in [-0.4, -0.2) is 20.3 Å². The van der Waals surface area contributed by atoms with E-state index in [1.54, 1.807) is 16.3 Å². The van der Waals surface area contributed by atoms with Gasteiger partial charge in [-0.05, 0) is 25.8 Å². The predicted molar refractivity (Wildman–Crippen MR) is 80.9 cm³/mol. The maximum absolute atomic E-state index is 12.4. The standard InChI is InChI=1S/C14H19N3OS/c1-4-6-8-19-14-16-11-9-10(3)15-12(11)13(18)17(14)7-5-2/h4,9,15H,1,5-8H2,2-3H3. The van der Waals surface area contributed by atoms with E-state index in [9.17, 15) is 4.79 Å². The third-order valence-electron chi connectivity index (χ3n) is 2.84. The number of nitrogens with one attached hydrogen (secondary N) is 1. The van der Waals surface area contributed by atoms with Gasteiger partial charge >= 0.3 is 0 Å².